The van der Waals surface area contributed by atoms with Crippen LogP contribution in [0.2, 0.25) is 0 Å². The molecule has 0 radical (unpaired) electrons. The van der Waals surface area contributed by atoms with Crippen molar-refractivity contribution in [3.05, 3.63) is 87.8 Å². The number of amides is 1. The Balaban J connectivity index is 1.62. The fourth-order valence-corrected chi connectivity index (χ4v) is 3.24. The molecule has 4 aromatic rings. The minimum atomic E-state index is -0.534. The number of aryl methyl sites for hydroxylation is 1. The molecule has 0 aliphatic rings. The smallest absolute Gasteiger partial charge is 0.271 e. The Hall–Kier alpha value is -3.45. The molecule has 6 nitrogen and oxygen atoms in total. The van der Waals surface area contributed by atoms with E-state index in [1.54, 1.807) is 29.8 Å². The van der Waals surface area contributed by atoms with E-state index in [0.717, 1.165) is 5.56 Å². The Morgan fingerprint density at radius 2 is 1.93 bits per heavy atom. The molecule has 1 amide bonds. The number of benzene rings is 2. The van der Waals surface area contributed by atoms with Gasteiger partial charge in [0.1, 0.15) is 11.3 Å². The van der Waals surface area contributed by atoms with Crippen LogP contribution >= 0.6 is 11.3 Å². The van der Waals surface area contributed by atoms with Crippen molar-refractivity contribution >= 4 is 27.9 Å². The predicted octanol–water partition coefficient (Wildman–Crippen LogP) is 4.11. The van der Waals surface area contributed by atoms with Crippen molar-refractivity contribution in [1.82, 2.24) is 9.38 Å². The highest BCUT2D eigenvalue weighted by Gasteiger charge is 2.16. The molecule has 0 fully saturated rings. The topological polar surface area (TPSA) is 72.7 Å². The van der Waals surface area contributed by atoms with E-state index in [-0.39, 0.29) is 5.56 Å². The van der Waals surface area contributed by atoms with E-state index in [1.807, 2.05) is 37.3 Å². The predicted molar refractivity (Wildman–Crippen MR) is 105 cm³/mol. The van der Waals surface area contributed by atoms with Crippen LogP contribution in [0.3, 0.4) is 0 Å². The summed E-state index contributed by atoms with van der Waals surface area (Å²) in [6.45, 7) is 1.99. The van der Waals surface area contributed by atoms with Gasteiger partial charge in [-0.25, -0.2) is 4.98 Å². The first-order valence-electron chi connectivity index (χ1n) is 8.21. The minimum absolute atomic E-state index is 0.0314. The average molecular weight is 377 g/mol. The SMILES string of the molecule is Cc1ccc(Oc2ccccc2NC(=O)c2cnc3sccn3c2=O)cc1. The Morgan fingerprint density at radius 1 is 1.15 bits per heavy atom. The van der Waals surface area contributed by atoms with Gasteiger partial charge in [-0.05, 0) is 31.2 Å². The second-order valence-electron chi connectivity index (χ2n) is 5.90. The van der Waals surface area contributed by atoms with Crippen LogP contribution in [0.4, 0.5) is 5.69 Å². The van der Waals surface area contributed by atoms with Crippen LogP contribution in [0.25, 0.3) is 4.96 Å². The second-order valence-corrected chi connectivity index (χ2v) is 6.77. The van der Waals surface area contributed by atoms with E-state index in [4.69, 9.17) is 4.74 Å². The molecule has 27 heavy (non-hydrogen) atoms. The van der Waals surface area contributed by atoms with Gasteiger partial charge in [-0.15, -0.1) is 11.3 Å². The summed E-state index contributed by atoms with van der Waals surface area (Å²) in [6, 6.07) is 14.7. The Labute approximate surface area is 158 Å². The van der Waals surface area contributed by atoms with E-state index in [0.29, 0.717) is 22.1 Å². The number of anilines is 1. The Bertz CT molecular complexity index is 1180. The zero-order valence-corrected chi connectivity index (χ0v) is 15.2. The van der Waals surface area contributed by atoms with E-state index >= 15 is 0 Å². The number of rotatable bonds is 4. The molecule has 2 aromatic carbocycles. The third-order valence-corrected chi connectivity index (χ3v) is 4.74. The summed E-state index contributed by atoms with van der Waals surface area (Å²) in [4.78, 5) is 29.8. The van der Waals surface area contributed by atoms with Crippen molar-refractivity contribution in [2.75, 3.05) is 5.32 Å². The van der Waals surface area contributed by atoms with Gasteiger partial charge in [-0.1, -0.05) is 29.8 Å². The maximum absolute atomic E-state index is 12.6. The largest absolute Gasteiger partial charge is 0.455 e. The molecule has 0 saturated carbocycles. The number of fused-ring (bicyclic) bond motifs is 1. The summed E-state index contributed by atoms with van der Waals surface area (Å²) in [7, 11) is 0. The monoisotopic (exact) mass is 377 g/mol. The van der Waals surface area contributed by atoms with Gasteiger partial charge in [0.05, 0.1) is 5.69 Å². The molecule has 0 bridgehead atoms. The van der Waals surface area contributed by atoms with E-state index in [9.17, 15) is 9.59 Å². The van der Waals surface area contributed by atoms with E-state index in [2.05, 4.69) is 10.3 Å². The van der Waals surface area contributed by atoms with Crippen LogP contribution in [0, 0.1) is 6.92 Å². The minimum Gasteiger partial charge on any atom is -0.455 e. The number of nitrogens with zero attached hydrogens (tertiary/aromatic N) is 2. The average Bonchev–Trinajstić information content (AvgIpc) is 3.15. The highest BCUT2D eigenvalue weighted by atomic mass is 32.1. The summed E-state index contributed by atoms with van der Waals surface area (Å²) in [5.74, 6) is 0.608. The van der Waals surface area contributed by atoms with Crippen LogP contribution in [0.1, 0.15) is 15.9 Å². The standard InChI is InChI=1S/C20H15N3O3S/c1-13-6-8-14(9-7-13)26-17-5-3-2-4-16(17)22-18(24)15-12-21-20-23(19(15)25)10-11-27-20/h2-12H,1H3,(H,22,24). The lowest BCUT2D eigenvalue weighted by atomic mass is 10.2. The molecule has 0 aliphatic carbocycles. The molecule has 7 heteroatoms. The van der Waals surface area contributed by atoms with E-state index < -0.39 is 11.5 Å². The number of thiazole rings is 1. The summed E-state index contributed by atoms with van der Waals surface area (Å²) in [5, 5.41) is 4.49. The van der Waals surface area contributed by atoms with Crippen LogP contribution in [-0.4, -0.2) is 15.3 Å². The highest BCUT2D eigenvalue weighted by Crippen LogP contribution is 2.29. The lowest BCUT2D eigenvalue weighted by Crippen LogP contribution is -2.25. The molecule has 2 heterocycles. The first-order chi connectivity index (χ1) is 13.1. The number of aromatic nitrogens is 2. The van der Waals surface area contributed by atoms with Gasteiger partial charge in [0.25, 0.3) is 11.5 Å². The number of nitrogens with one attached hydrogen (secondary N) is 1. The van der Waals surface area contributed by atoms with Crippen molar-refractivity contribution in [3.63, 3.8) is 0 Å². The number of hydrogen-bond acceptors (Lipinski definition) is 5. The van der Waals surface area contributed by atoms with Gasteiger partial charge in [0.15, 0.2) is 10.7 Å². The lowest BCUT2D eigenvalue weighted by molar-refractivity contribution is 0.102. The Morgan fingerprint density at radius 3 is 2.74 bits per heavy atom. The maximum atomic E-state index is 12.6. The fourth-order valence-electron chi connectivity index (χ4n) is 2.56. The van der Waals surface area contributed by atoms with Crippen molar-refractivity contribution in [2.45, 2.75) is 6.92 Å². The van der Waals surface area contributed by atoms with Crippen molar-refractivity contribution in [3.8, 4) is 11.5 Å². The van der Waals surface area contributed by atoms with E-state index in [1.165, 1.54) is 21.9 Å². The molecular weight excluding hydrogens is 362 g/mol. The van der Waals surface area contributed by atoms with Crippen molar-refractivity contribution < 1.29 is 9.53 Å². The zero-order chi connectivity index (χ0) is 18.8. The quantitative estimate of drug-likeness (QED) is 0.581. The van der Waals surface area contributed by atoms with Crippen LogP contribution in [0.15, 0.2) is 71.1 Å². The number of ether oxygens (including phenoxy) is 1. The van der Waals surface area contributed by atoms with Gasteiger partial charge < -0.3 is 10.1 Å². The molecule has 0 spiro atoms. The summed E-state index contributed by atoms with van der Waals surface area (Å²) in [5.41, 5.74) is 1.16. The normalized spacial score (nSPS) is 10.7. The number of carbonyl (C=O) groups excluding carboxylic acids is 1. The summed E-state index contributed by atoms with van der Waals surface area (Å²) < 4.78 is 7.23. The number of hydrogen-bond donors (Lipinski definition) is 1. The van der Waals surface area contributed by atoms with Crippen LogP contribution in [0.5, 0.6) is 11.5 Å². The lowest BCUT2D eigenvalue weighted by Gasteiger charge is -2.12. The highest BCUT2D eigenvalue weighted by molar-refractivity contribution is 7.15. The zero-order valence-electron chi connectivity index (χ0n) is 14.4. The van der Waals surface area contributed by atoms with Crippen LogP contribution < -0.4 is 15.6 Å². The van der Waals surface area contributed by atoms with Gasteiger partial charge in [-0.3, -0.25) is 14.0 Å². The molecule has 0 unspecified atom stereocenters. The molecule has 2 aromatic heterocycles. The third kappa shape index (κ3) is 3.45. The summed E-state index contributed by atoms with van der Waals surface area (Å²) >= 11 is 1.33. The third-order valence-electron chi connectivity index (χ3n) is 3.97. The number of para-hydroxylation sites is 2. The molecular formula is C20H15N3O3S. The molecule has 1 N–H and O–H groups in total. The van der Waals surface area contributed by atoms with Gasteiger partial charge in [0, 0.05) is 17.8 Å². The van der Waals surface area contributed by atoms with Crippen molar-refractivity contribution in [1.29, 1.82) is 0 Å². The first-order valence-corrected chi connectivity index (χ1v) is 9.09. The van der Waals surface area contributed by atoms with Crippen molar-refractivity contribution in [2.24, 2.45) is 0 Å². The molecule has 134 valence electrons. The fraction of sp³-hybridized carbons (Fsp3) is 0.0500. The maximum Gasteiger partial charge on any atom is 0.271 e. The van der Waals surface area contributed by atoms with Gasteiger partial charge >= 0.3 is 0 Å². The molecule has 0 atom stereocenters. The first kappa shape index (κ1) is 17.0. The molecule has 0 aliphatic heterocycles. The Kier molecular flexibility index (Phi) is 4.43. The summed E-state index contributed by atoms with van der Waals surface area (Å²) in [6.07, 6.45) is 2.90. The van der Waals surface area contributed by atoms with Gasteiger partial charge in [0.2, 0.25) is 0 Å². The molecule has 0 saturated heterocycles. The van der Waals surface area contributed by atoms with Gasteiger partial charge in [-0.2, -0.15) is 0 Å². The number of carbonyl (C=O) groups is 1. The second kappa shape index (κ2) is 7.05. The van der Waals surface area contributed by atoms with Crippen LogP contribution in [-0.2, 0) is 0 Å². The molecule has 4 rings (SSSR count).